The van der Waals surface area contributed by atoms with Crippen LogP contribution in [0.1, 0.15) is 18.9 Å². The first-order valence-electron chi connectivity index (χ1n) is 10.0. The van der Waals surface area contributed by atoms with Crippen molar-refractivity contribution in [2.45, 2.75) is 25.9 Å². The minimum atomic E-state index is 0. The van der Waals surface area contributed by atoms with Crippen molar-refractivity contribution in [2.75, 3.05) is 38.8 Å². The van der Waals surface area contributed by atoms with Gasteiger partial charge in [0.15, 0.2) is 5.96 Å². The van der Waals surface area contributed by atoms with Gasteiger partial charge in [-0.3, -0.25) is 0 Å². The molecule has 1 atom stereocenters. The molecule has 3 N–H and O–H groups in total. The molecule has 2 aromatic carbocycles. The third-order valence-corrected chi connectivity index (χ3v) is 5.28. The van der Waals surface area contributed by atoms with Gasteiger partial charge in [-0.15, -0.1) is 24.0 Å². The average Bonchev–Trinajstić information content (AvgIpc) is 3.21. The first kappa shape index (κ1) is 25.2. The number of hydrogen-bond acceptors (Lipinski definition) is 5. The molecular weight excluding hydrogens is 531 g/mol. The lowest BCUT2D eigenvalue weighted by Gasteiger charge is -2.22. The number of phenolic OH excluding ortho intramolecular Hbond substituents is 1. The van der Waals surface area contributed by atoms with Crippen LogP contribution in [0.25, 0.3) is 0 Å². The highest BCUT2D eigenvalue weighted by Crippen LogP contribution is 2.33. The predicted molar refractivity (Wildman–Crippen MR) is 137 cm³/mol. The molecule has 7 nitrogen and oxygen atoms in total. The van der Waals surface area contributed by atoms with Gasteiger partial charge in [0.2, 0.25) is 0 Å². The maximum absolute atomic E-state index is 10.1. The highest BCUT2D eigenvalue weighted by molar-refractivity contribution is 14.0. The van der Waals surface area contributed by atoms with Gasteiger partial charge in [0.25, 0.3) is 0 Å². The largest absolute Gasteiger partial charge is 0.508 e. The Morgan fingerprint density at radius 3 is 2.74 bits per heavy atom. The zero-order chi connectivity index (χ0) is 21.5. The molecular formula is C22H30ClIN4O3. The lowest BCUT2D eigenvalue weighted by Crippen LogP contribution is -2.44. The van der Waals surface area contributed by atoms with Gasteiger partial charge >= 0.3 is 0 Å². The Bertz CT molecular complexity index is 897. The molecule has 1 aliphatic heterocycles. The maximum Gasteiger partial charge on any atom is 0.191 e. The maximum atomic E-state index is 10.1. The molecule has 1 aliphatic rings. The minimum absolute atomic E-state index is 0. The van der Waals surface area contributed by atoms with Gasteiger partial charge in [-0.05, 0) is 49.7 Å². The Morgan fingerprint density at radius 1 is 1.23 bits per heavy atom. The van der Waals surface area contributed by atoms with E-state index in [4.69, 9.17) is 21.1 Å². The lowest BCUT2D eigenvalue weighted by molar-refractivity contribution is 0.411. The normalized spacial score (nSPS) is 15.9. The number of aromatic hydroxyl groups is 1. The number of methoxy groups -OCH3 is 2. The van der Waals surface area contributed by atoms with Crippen LogP contribution in [-0.2, 0) is 6.54 Å². The molecule has 0 aromatic heterocycles. The summed E-state index contributed by atoms with van der Waals surface area (Å²) in [5.74, 6) is 2.42. The van der Waals surface area contributed by atoms with E-state index in [-0.39, 0.29) is 35.8 Å². The second-order valence-corrected chi connectivity index (χ2v) is 7.52. The van der Waals surface area contributed by atoms with Crippen LogP contribution in [0.4, 0.5) is 5.69 Å². The van der Waals surface area contributed by atoms with Crippen molar-refractivity contribution in [1.82, 2.24) is 10.6 Å². The van der Waals surface area contributed by atoms with Gasteiger partial charge in [0.05, 0.1) is 26.5 Å². The number of nitrogens with one attached hydrogen (secondary N) is 2. The summed E-state index contributed by atoms with van der Waals surface area (Å²) in [7, 11) is 3.27. The summed E-state index contributed by atoms with van der Waals surface area (Å²) < 4.78 is 10.7. The fraction of sp³-hybridized carbons (Fsp3) is 0.409. The molecule has 31 heavy (non-hydrogen) atoms. The fourth-order valence-electron chi connectivity index (χ4n) is 3.50. The number of anilines is 1. The van der Waals surface area contributed by atoms with E-state index in [0.717, 1.165) is 37.5 Å². The molecule has 1 unspecified atom stereocenters. The van der Waals surface area contributed by atoms with E-state index in [2.05, 4.69) is 20.5 Å². The number of nitrogens with zero attached hydrogens (tertiary/aromatic N) is 2. The van der Waals surface area contributed by atoms with Crippen LogP contribution in [0.5, 0.6) is 17.2 Å². The molecule has 9 heteroatoms. The van der Waals surface area contributed by atoms with Crippen LogP contribution < -0.4 is 25.0 Å². The van der Waals surface area contributed by atoms with E-state index in [9.17, 15) is 5.11 Å². The Kier molecular flexibility index (Phi) is 9.83. The first-order chi connectivity index (χ1) is 14.5. The molecule has 1 fully saturated rings. The van der Waals surface area contributed by atoms with Crippen molar-refractivity contribution in [3.8, 4) is 17.2 Å². The predicted octanol–water partition coefficient (Wildman–Crippen LogP) is 4.01. The second-order valence-electron chi connectivity index (χ2n) is 7.08. The van der Waals surface area contributed by atoms with Crippen LogP contribution in [0.15, 0.2) is 41.4 Å². The van der Waals surface area contributed by atoms with Crippen LogP contribution in [0, 0.1) is 0 Å². The average molecular weight is 561 g/mol. The van der Waals surface area contributed by atoms with E-state index < -0.39 is 0 Å². The Morgan fingerprint density at radius 2 is 2.03 bits per heavy atom. The molecule has 0 radical (unpaired) electrons. The van der Waals surface area contributed by atoms with Gasteiger partial charge in [-0.25, -0.2) is 4.99 Å². The number of aliphatic imine (C=N–C) groups is 1. The summed E-state index contributed by atoms with van der Waals surface area (Å²) in [6.45, 7) is 4.82. The van der Waals surface area contributed by atoms with E-state index in [0.29, 0.717) is 28.8 Å². The number of halogens is 2. The zero-order valence-corrected chi connectivity index (χ0v) is 21.1. The quantitative estimate of drug-likeness (QED) is 0.270. The van der Waals surface area contributed by atoms with E-state index in [1.165, 1.54) is 0 Å². The van der Waals surface area contributed by atoms with Gasteiger partial charge in [-0.1, -0.05) is 11.6 Å². The number of guanidine groups is 1. The van der Waals surface area contributed by atoms with Crippen molar-refractivity contribution in [3.63, 3.8) is 0 Å². The summed E-state index contributed by atoms with van der Waals surface area (Å²) in [5, 5.41) is 17.6. The van der Waals surface area contributed by atoms with Crippen molar-refractivity contribution < 1.29 is 14.6 Å². The summed E-state index contributed by atoms with van der Waals surface area (Å²) in [6.07, 6.45) is 0.963. The fourth-order valence-corrected chi connectivity index (χ4v) is 3.67. The summed E-state index contributed by atoms with van der Waals surface area (Å²) in [5.41, 5.74) is 1.71. The summed E-state index contributed by atoms with van der Waals surface area (Å²) >= 11 is 6.19. The molecule has 1 heterocycles. The number of hydrogen-bond donors (Lipinski definition) is 3. The van der Waals surface area contributed by atoms with Crippen LogP contribution in [-0.4, -0.2) is 51.0 Å². The zero-order valence-electron chi connectivity index (χ0n) is 18.0. The van der Waals surface area contributed by atoms with Crippen molar-refractivity contribution in [3.05, 3.63) is 47.0 Å². The van der Waals surface area contributed by atoms with E-state index >= 15 is 0 Å². The topological polar surface area (TPSA) is 78.4 Å². The highest BCUT2D eigenvalue weighted by atomic mass is 127. The number of rotatable bonds is 7. The Balaban J connectivity index is 0.00000341. The van der Waals surface area contributed by atoms with Gasteiger partial charge in [0.1, 0.15) is 17.2 Å². The van der Waals surface area contributed by atoms with Crippen LogP contribution in [0.2, 0.25) is 5.02 Å². The second kappa shape index (κ2) is 12.1. The van der Waals surface area contributed by atoms with Gasteiger partial charge in [0, 0.05) is 36.3 Å². The molecule has 0 spiro atoms. The SMILES string of the molecule is CCNC(=NCc1cc(OC)ccc1O)NC1CCN(c2cc(Cl)ccc2OC)C1.I. The van der Waals surface area contributed by atoms with E-state index in [1.807, 2.05) is 25.1 Å². The van der Waals surface area contributed by atoms with Crippen LogP contribution >= 0.6 is 35.6 Å². The Hall–Kier alpha value is -2.07. The summed E-state index contributed by atoms with van der Waals surface area (Å²) in [6, 6.07) is 11.0. The summed E-state index contributed by atoms with van der Waals surface area (Å²) in [4.78, 5) is 6.91. The number of ether oxygens (including phenoxy) is 2. The van der Waals surface area contributed by atoms with Crippen molar-refractivity contribution in [2.24, 2.45) is 4.99 Å². The molecule has 0 aliphatic carbocycles. The highest BCUT2D eigenvalue weighted by Gasteiger charge is 2.25. The number of benzene rings is 2. The smallest absolute Gasteiger partial charge is 0.191 e. The van der Waals surface area contributed by atoms with Gasteiger partial charge in [-0.2, -0.15) is 0 Å². The van der Waals surface area contributed by atoms with Crippen LogP contribution in [0.3, 0.4) is 0 Å². The molecule has 0 bridgehead atoms. The third kappa shape index (κ3) is 6.70. The van der Waals surface area contributed by atoms with E-state index in [1.54, 1.807) is 32.4 Å². The molecule has 3 rings (SSSR count). The molecule has 2 aromatic rings. The molecule has 170 valence electrons. The lowest BCUT2D eigenvalue weighted by atomic mass is 10.2. The standard InChI is InChI=1S/C22H29ClN4O3.HI/c1-4-24-22(25-13-15-11-18(29-2)6-7-20(15)28)26-17-9-10-27(14-17)19-12-16(23)5-8-21(19)30-3;/h5-8,11-12,17,28H,4,9-10,13-14H2,1-3H3,(H2,24,25,26);1H. The Labute approximate surface area is 205 Å². The minimum Gasteiger partial charge on any atom is -0.508 e. The van der Waals surface area contributed by atoms with Crippen molar-refractivity contribution >= 4 is 47.2 Å². The molecule has 0 amide bonds. The monoisotopic (exact) mass is 560 g/mol. The van der Waals surface area contributed by atoms with Crippen molar-refractivity contribution in [1.29, 1.82) is 0 Å². The number of phenols is 1. The third-order valence-electron chi connectivity index (χ3n) is 5.05. The molecule has 1 saturated heterocycles. The van der Waals surface area contributed by atoms with Gasteiger partial charge < -0.3 is 30.1 Å². The first-order valence-corrected chi connectivity index (χ1v) is 10.4. The molecule has 0 saturated carbocycles.